The second kappa shape index (κ2) is 7.51. The van der Waals surface area contributed by atoms with Crippen LogP contribution in [0.25, 0.3) is 11.6 Å². The Morgan fingerprint density at radius 2 is 1.88 bits per heavy atom. The van der Waals surface area contributed by atoms with E-state index >= 15 is 0 Å². The van der Waals surface area contributed by atoms with Crippen LogP contribution in [-0.2, 0) is 4.79 Å². The van der Waals surface area contributed by atoms with E-state index in [2.05, 4.69) is 21.2 Å². The van der Waals surface area contributed by atoms with Crippen LogP contribution in [0.1, 0.15) is 11.3 Å². The molecule has 0 aliphatic carbocycles. The fourth-order valence-electron chi connectivity index (χ4n) is 2.19. The minimum Gasteiger partial charge on any atom is -0.465 e. The van der Waals surface area contributed by atoms with Gasteiger partial charge >= 0.3 is 0 Å². The quantitative estimate of drug-likeness (QED) is 0.554. The summed E-state index contributed by atoms with van der Waals surface area (Å²) < 4.78 is 6.11. The summed E-state index contributed by atoms with van der Waals surface area (Å²) in [6, 6.07) is 18.3. The van der Waals surface area contributed by atoms with Crippen molar-refractivity contribution in [1.29, 1.82) is 0 Å². The molecule has 0 saturated heterocycles. The number of anilines is 1. The number of hydrogen-bond acceptors (Lipinski definition) is 2. The molecule has 24 heavy (non-hydrogen) atoms. The van der Waals surface area contributed by atoms with Crippen molar-refractivity contribution in [2.75, 3.05) is 5.32 Å². The molecule has 0 bridgehead atoms. The summed E-state index contributed by atoms with van der Waals surface area (Å²) in [7, 11) is 0. The largest absolute Gasteiger partial charge is 0.465 e. The Labute approximate surface area is 153 Å². The van der Waals surface area contributed by atoms with Crippen LogP contribution in [0.15, 0.2) is 75.8 Å². The van der Waals surface area contributed by atoms with Gasteiger partial charge in [-0.15, -0.1) is 0 Å². The van der Waals surface area contributed by atoms with Crippen molar-refractivity contribution in [3.63, 3.8) is 0 Å². The summed E-state index contributed by atoms with van der Waals surface area (Å²) in [5.74, 6) is 0.369. The van der Waals surface area contributed by atoms with Crippen LogP contribution in [0.5, 0.6) is 0 Å². The lowest BCUT2D eigenvalue weighted by Gasteiger charge is -2.10. The Kier molecular flexibility index (Phi) is 5.18. The SMILES string of the molecule is O=C(Nc1ccc(Br)c(Cl)c1)/C(=C/c1ccco1)c1ccccc1. The number of hydrogen-bond donors (Lipinski definition) is 1. The third-order valence-corrected chi connectivity index (χ3v) is 4.57. The smallest absolute Gasteiger partial charge is 0.256 e. The lowest BCUT2D eigenvalue weighted by molar-refractivity contribution is -0.111. The van der Waals surface area contributed by atoms with Gasteiger partial charge in [-0.05, 0) is 57.9 Å². The number of benzene rings is 2. The van der Waals surface area contributed by atoms with Gasteiger partial charge in [-0.2, -0.15) is 0 Å². The predicted octanol–water partition coefficient (Wildman–Crippen LogP) is 5.87. The van der Waals surface area contributed by atoms with E-state index in [1.165, 1.54) is 0 Å². The van der Waals surface area contributed by atoms with E-state index in [1.54, 1.807) is 42.7 Å². The molecular formula is C19H13BrClNO2. The van der Waals surface area contributed by atoms with Gasteiger partial charge in [-0.25, -0.2) is 0 Å². The summed E-state index contributed by atoms with van der Waals surface area (Å²) in [5, 5.41) is 3.40. The monoisotopic (exact) mass is 401 g/mol. The molecule has 3 nitrogen and oxygen atoms in total. The highest BCUT2D eigenvalue weighted by Gasteiger charge is 2.13. The van der Waals surface area contributed by atoms with Crippen LogP contribution in [-0.4, -0.2) is 5.91 Å². The highest BCUT2D eigenvalue weighted by molar-refractivity contribution is 9.10. The fraction of sp³-hybridized carbons (Fsp3) is 0. The maximum atomic E-state index is 12.8. The first-order valence-electron chi connectivity index (χ1n) is 7.20. The molecular weight excluding hydrogens is 390 g/mol. The molecule has 0 aliphatic rings. The molecule has 0 spiro atoms. The number of carbonyl (C=O) groups excluding carboxylic acids is 1. The second-order valence-corrected chi connectivity index (χ2v) is 6.28. The lowest BCUT2D eigenvalue weighted by atomic mass is 10.0. The summed E-state index contributed by atoms with van der Waals surface area (Å²) in [4.78, 5) is 12.8. The third-order valence-electron chi connectivity index (χ3n) is 3.34. The summed E-state index contributed by atoms with van der Waals surface area (Å²) >= 11 is 9.41. The average molecular weight is 403 g/mol. The van der Waals surface area contributed by atoms with E-state index in [0.717, 1.165) is 10.0 Å². The highest BCUT2D eigenvalue weighted by Crippen LogP contribution is 2.27. The van der Waals surface area contributed by atoms with Crippen LogP contribution in [0.4, 0.5) is 5.69 Å². The molecule has 0 atom stereocenters. The third kappa shape index (κ3) is 3.96. The van der Waals surface area contributed by atoms with Crippen molar-refractivity contribution in [3.8, 4) is 0 Å². The van der Waals surface area contributed by atoms with Crippen molar-refractivity contribution >= 4 is 50.8 Å². The molecule has 0 aliphatic heterocycles. The average Bonchev–Trinajstić information content (AvgIpc) is 3.10. The van der Waals surface area contributed by atoms with Gasteiger partial charge in [0.15, 0.2) is 0 Å². The van der Waals surface area contributed by atoms with E-state index in [9.17, 15) is 4.79 Å². The summed E-state index contributed by atoms with van der Waals surface area (Å²) in [6.45, 7) is 0. The minimum atomic E-state index is -0.240. The Morgan fingerprint density at radius 1 is 1.08 bits per heavy atom. The molecule has 3 aromatic rings. The van der Waals surface area contributed by atoms with Gasteiger partial charge in [0.05, 0.1) is 16.9 Å². The van der Waals surface area contributed by atoms with Crippen LogP contribution < -0.4 is 5.32 Å². The number of furan rings is 1. The Morgan fingerprint density at radius 3 is 2.54 bits per heavy atom. The normalized spacial score (nSPS) is 11.3. The molecule has 1 N–H and O–H groups in total. The zero-order valence-corrected chi connectivity index (χ0v) is 14.8. The standard InChI is InChI=1S/C19H13BrClNO2/c20-17-9-8-14(11-18(17)21)22-19(23)16(12-15-7-4-10-24-15)13-5-2-1-3-6-13/h1-12H,(H,22,23)/b16-12+. The maximum absolute atomic E-state index is 12.8. The molecule has 0 radical (unpaired) electrons. The first kappa shape index (κ1) is 16.6. The lowest BCUT2D eigenvalue weighted by Crippen LogP contribution is -2.13. The number of halogens is 2. The number of rotatable bonds is 4. The van der Waals surface area contributed by atoms with Crippen molar-refractivity contribution in [1.82, 2.24) is 0 Å². The van der Waals surface area contributed by atoms with Gasteiger partial charge in [-0.3, -0.25) is 4.79 Å². The topological polar surface area (TPSA) is 42.2 Å². The van der Waals surface area contributed by atoms with Crippen molar-refractivity contribution in [2.24, 2.45) is 0 Å². The van der Waals surface area contributed by atoms with Gasteiger partial charge < -0.3 is 9.73 Å². The minimum absolute atomic E-state index is 0.240. The predicted molar refractivity (Wildman–Crippen MR) is 101 cm³/mol. The molecule has 120 valence electrons. The molecule has 0 unspecified atom stereocenters. The fourth-order valence-corrected chi connectivity index (χ4v) is 2.61. The molecule has 1 amide bonds. The second-order valence-electron chi connectivity index (χ2n) is 5.02. The molecule has 0 fully saturated rings. The maximum Gasteiger partial charge on any atom is 0.256 e. The summed E-state index contributed by atoms with van der Waals surface area (Å²) in [5.41, 5.74) is 1.92. The molecule has 2 aromatic carbocycles. The van der Waals surface area contributed by atoms with Gasteiger partial charge in [0.1, 0.15) is 5.76 Å². The zero-order chi connectivity index (χ0) is 16.9. The van der Waals surface area contributed by atoms with Crippen molar-refractivity contribution < 1.29 is 9.21 Å². The van der Waals surface area contributed by atoms with Crippen molar-refractivity contribution in [3.05, 3.63) is 87.7 Å². The van der Waals surface area contributed by atoms with Gasteiger partial charge in [0.2, 0.25) is 0 Å². The van der Waals surface area contributed by atoms with Crippen LogP contribution in [0.3, 0.4) is 0 Å². The summed E-state index contributed by atoms with van der Waals surface area (Å²) in [6.07, 6.45) is 3.28. The number of amides is 1. The van der Waals surface area contributed by atoms with E-state index in [1.807, 2.05) is 30.3 Å². The molecule has 1 aromatic heterocycles. The Balaban J connectivity index is 1.93. The van der Waals surface area contributed by atoms with E-state index < -0.39 is 0 Å². The van der Waals surface area contributed by atoms with E-state index in [-0.39, 0.29) is 5.91 Å². The Bertz CT molecular complexity index is 874. The molecule has 0 saturated carbocycles. The van der Waals surface area contributed by atoms with Gasteiger partial charge in [0, 0.05) is 10.2 Å². The van der Waals surface area contributed by atoms with Crippen LogP contribution in [0, 0.1) is 0 Å². The molecule has 5 heteroatoms. The Hall–Kier alpha value is -2.30. The van der Waals surface area contributed by atoms with E-state index in [0.29, 0.717) is 22.0 Å². The van der Waals surface area contributed by atoms with Crippen LogP contribution >= 0.6 is 27.5 Å². The first-order chi connectivity index (χ1) is 11.6. The van der Waals surface area contributed by atoms with E-state index in [4.69, 9.17) is 16.0 Å². The molecule has 1 heterocycles. The number of carbonyl (C=O) groups is 1. The van der Waals surface area contributed by atoms with Crippen molar-refractivity contribution in [2.45, 2.75) is 0 Å². The zero-order valence-electron chi connectivity index (χ0n) is 12.5. The van der Waals surface area contributed by atoms with Crippen LogP contribution in [0.2, 0.25) is 5.02 Å². The molecule has 3 rings (SSSR count). The van der Waals surface area contributed by atoms with Gasteiger partial charge in [0.25, 0.3) is 5.91 Å². The first-order valence-corrected chi connectivity index (χ1v) is 8.37. The van der Waals surface area contributed by atoms with Gasteiger partial charge in [-0.1, -0.05) is 41.9 Å². The number of nitrogens with one attached hydrogen (secondary N) is 1. The highest BCUT2D eigenvalue weighted by atomic mass is 79.9.